The van der Waals surface area contributed by atoms with E-state index in [1.807, 2.05) is 11.8 Å². The molecule has 1 aliphatic heterocycles. The lowest BCUT2D eigenvalue weighted by Gasteiger charge is -2.32. The maximum atomic E-state index is 13.4. The van der Waals surface area contributed by atoms with Gasteiger partial charge in [0.15, 0.2) is 0 Å². The van der Waals surface area contributed by atoms with E-state index >= 15 is 0 Å². The van der Waals surface area contributed by atoms with Crippen LogP contribution in [0.5, 0.6) is 0 Å². The van der Waals surface area contributed by atoms with E-state index in [9.17, 15) is 4.39 Å². The average molecular weight is 260 g/mol. The smallest absolute Gasteiger partial charge is 0.125 e. The van der Waals surface area contributed by atoms with Crippen LogP contribution in [0.4, 0.5) is 4.39 Å². The van der Waals surface area contributed by atoms with Gasteiger partial charge < -0.3 is 5.32 Å². The second kappa shape index (κ2) is 4.94. The lowest BCUT2D eigenvalue weighted by molar-refractivity contribution is 0.533. The molecule has 0 radical (unpaired) electrons. The van der Waals surface area contributed by atoms with Crippen molar-refractivity contribution in [2.45, 2.75) is 30.9 Å². The Balaban J connectivity index is 2.45. The second-order valence-electron chi connectivity index (χ2n) is 4.01. The monoisotopic (exact) mass is 259 g/mol. The van der Waals surface area contributed by atoms with Crippen LogP contribution in [-0.4, -0.2) is 11.8 Å². The van der Waals surface area contributed by atoms with E-state index in [1.54, 1.807) is 6.07 Å². The highest BCUT2D eigenvalue weighted by Gasteiger charge is 2.28. The molecule has 2 atom stereocenters. The molecule has 1 heterocycles. The van der Waals surface area contributed by atoms with Gasteiger partial charge in [-0.3, -0.25) is 0 Å². The molecule has 0 spiro atoms. The molecule has 0 saturated heterocycles. The fourth-order valence-electron chi connectivity index (χ4n) is 2.11. The van der Waals surface area contributed by atoms with E-state index in [2.05, 4.69) is 19.2 Å². The van der Waals surface area contributed by atoms with Crippen LogP contribution in [-0.2, 0) is 5.75 Å². The minimum absolute atomic E-state index is 0.201. The Morgan fingerprint density at radius 2 is 2.31 bits per heavy atom. The number of halogens is 2. The van der Waals surface area contributed by atoms with Crippen molar-refractivity contribution >= 4 is 23.4 Å². The lowest BCUT2D eigenvalue weighted by Crippen LogP contribution is -2.32. The molecule has 0 aliphatic carbocycles. The highest BCUT2D eigenvalue weighted by atomic mass is 35.5. The van der Waals surface area contributed by atoms with E-state index < -0.39 is 0 Å². The largest absolute Gasteiger partial charge is 0.309 e. The molecule has 88 valence electrons. The Morgan fingerprint density at radius 3 is 3.00 bits per heavy atom. The van der Waals surface area contributed by atoms with Gasteiger partial charge in [0.05, 0.1) is 0 Å². The molecular weight excluding hydrogens is 245 g/mol. The van der Waals surface area contributed by atoms with Crippen molar-refractivity contribution in [1.29, 1.82) is 0 Å². The predicted octanol–water partition coefficient (Wildman–Crippen LogP) is 3.77. The molecule has 1 N–H and O–H groups in total. The molecule has 1 aromatic rings. The molecule has 0 aromatic heterocycles. The van der Waals surface area contributed by atoms with E-state index in [1.165, 1.54) is 6.07 Å². The highest BCUT2D eigenvalue weighted by molar-refractivity contribution is 7.99. The number of nitrogens with one attached hydrogen (secondary N) is 1. The number of thioether (sulfide) groups is 1. The van der Waals surface area contributed by atoms with Gasteiger partial charge in [-0.2, -0.15) is 11.8 Å². The first kappa shape index (κ1) is 12.2. The Morgan fingerprint density at radius 1 is 1.56 bits per heavy atom. The highest BCUT2D eigenvalue weighted by Crippen LogP contribution is 2.40. The van der Waals surface area contributed by atoms with Crippen LogP contribution in [0.1, 0.15) is 31.0 Å². The molecule has 0 bridgehead atoms. The molecule has 0 amide bonds. The summed E-state index contributed by atoms with van der Waals surface area (Å²) in [4.78, 5) is 0. The summed E-state index contributed by atoms with van der Waals surface area (Å²) in [7, 11) is 0. The SMILES string of the molecule is CCNC1c2cc(F)cc(Cl)c2CSC1C. The van der Waals surface area contributed by atoms with Crippen molar-refractivity contribution in [2.24, 2.45) is 0 Å². The lowest BCUT2D eigenvalue weighted by atomic mass is 9.98. The van der Waals surface area contributed by atoms with Crippen molar-refractivity contribution < 1.29 is 4.39 Å². The number of benzene rings is 1. The van der Waals surface area contributed by atoms with Gasteiger partial charge in [0.25, 0.3) is 0 Å². The summed E-state index contributed by atoms with van der Waals surface area (Å²) in [6.45, 7) is 5.11. The molecule has 0 fully saturated rings. The molecule has 0 saturated carbocycles. The van der Waals surface area contributed by atoms with Gasteiger partial charge in [-0.25, -0.2) is 4.39 Å². The molecule has 1 nitrogen and oxygen atoms in total. The van der Waals surface area contributed by atoms with Gasteiger partial charge in [-0.1, -0.05) is 25.4 Å². The first-order valence-corrected chi connectivity index (χ1v) is 6.89. The Labute approximate surface area is 105 Å². The third kappa shape index (κ3) is 2.22. The summed E-state index contributed by atoms with van der Waals surface area (Å²) < 4.78 is 13.4. The summed E-state index contributed by atoms with van der Waals surface area (Å²) >= 11 is 7.94. The fraction of sp³-hybridized carbons (Fsp3) is 0.500. The van der Waals surface area contributed by atoms with Gasteiger partial charge in [0.1, 0.15) is 5.82 Å². The quantitative estimate of drug-likeness (QED) is 0.868. The number of hydrogen-bond acceptors (Lipinski definition) is 2. The maximum Gasteiger partial charge on any atom is 0.125 e. The van der Waals surface area contributed by atoms with Gasteiger partial charge in [0, 0.05) is 22.1 Å². The van der Waals surface area contributed by atoms with Gasteiger partial charge in [-0.15, -0.1) is 0 Å². The van der Waals surface area contributed by atoms with E-state index in [-0.39, 0.29) is 11.9 Å². The van der Waals surface area contributed by atoms with Crippen LogP contribution in [0.2, 0.25) is 5.02 Å². The Bertz CT molecular complexity index is 397. The second-order valence-corrected chi connectivity index (χ2v) is 5.78. The first-order chi connectivity index (χ1) is 7.63. The summed E-state index contributed by atoms with van der Waals surface area (Å²) in [6, 6.07) is 3.22. The van der Waals surface area contributed by atoms with Crippen LogP contribution in [0.3, 0.4) is 0 Å². The molecule has 2 unspecified atom stereocenters. The number of hydrogen-bond donors (Lipinski definition) is 1. The topological polar surface area (TPSA) is 12.0 Å². The molecule has 2 rings (SSSR count). The normalized spacial score (nSPS) is 24.2. The minimum atomic E-state index is -0.245. The zero-order valence-electron chi connectivity index (χ0n) is 9.39. The summed E-state index contributed by atoms with van der Waals surface area (Å²) in [5.74, 6) is 0.628. The van der Waals surface area contributed by atoms with Crippen LogP contribution >= 0.6 is 23.4 Å². The van der Waals surface area contributed by atoms with Crippen molar-refractivity contribution in [2.75, 3.05) is 6.54 Å². The van der Waals surface area contributed by atoms with Crippen molar-refractivity contribution in [3.63, 3.8) is 0 Å². The standard InChI is InChI=1S/C12H15ClFNS/c1-3-15-12-7(2)16-6-10-9(12)4-8(14)5-11(10)13/h4-5,7,12,15H,3,6H2,1-2H3. The molecule has 4 heteroatoms. The van der Waals surface area contributed by atoms with Crippen molar-refractivity contribution in [3.05, 3.63) is 34.1 Å². The fourth-order valence-corrected chi connectivity index (χ4v) is 3.66. The summed E-state index contributed by atoms with van der Waals surface area (Å²) in [5.41, 5.74) is 2.11. The zero-order chi connectivity index (χ0) is 11.7. The maximum absolute atomic E-state index is 13.4. The minimum Gasteiger partial charge on any atom is -0.309 e. The average Bonchev–Trinajstić information content (AvgIpc) is 2.22. The van der Waals surface area contributed by atoms with E-state index in [0.29, 0.717) is 10.3 Å². The van der Waals surface area contributed by atoms with Gasteiger partial charge in [-0.05, 0) is 29.8 Å². The van der Waals surface area contributed by atoms with E-state index in [0.717, 1.165) is 23.4 Å². The van der Waals surface area contributed by atoms with Crippen molar-refractivity contribution in [1.82, 2.24) is 5.32 Å². The van der Waals surface area contributed by atoms with Crippen LogP contribution in [0.25, 0.3) is 0 Å². The summed E-state index contributed by atoms with van der Waals surface area (Å²) in [5, 5.41) is 4.40. The van der Waals surface area contributed by atoms with Crippen LogP contribution < -0.4 is 5.32 Å². The van der Waals surface area contributed by atoms with Crippen molar-refractivity contribution in [3.8, 4) is 0 Å². The Kier molecular flexibility index (Phi) is 3.77. The van der Waals surface area contributed by atoms with Gasteiger partial charge in [0.2, 0.25) is 0 Å². The molecule has 1 aromatic carbocycles. The number of fused-ring (bicyclic) bond motifs is 1. The molecule has 16 heavy (non-hydrogen) atoms. The van der Waals surface area contributed by atoms with Crippen LogP contribution in [0.15, 0.2) is 12.1 Å². The predicted molar refractivity (Wildman–Crippen MR) is 68.6 cm³/mol. The first-order valence-electron chi connectivity index (χ1n) is 5.46. The van der Waals surface area contributed by atoms with Gasteiger partial charge >= 0.3 is 0 Å². The third-order valence-corrected chi connectivity index (χ3v) is 4.50. The molecule has 1 aliphatic rings. The zero-order valence-corrected chi connectivity index (χ0v) is 11.0. The van der Waals surface area contributed by atoms with Crippen LogP contribution in [0, 0.1) is 5.82 Å². The third-order valence-electron chi connectivity index (χ3n) is 2.91. The van der Waals surface area contributed by atoms with E-state index in [4.69, 9.17) is 11.6 Å². The summed E-state index contributed by atoms with van der Waals surface area (Å²) in [6.07, 6.45) is 0. The molecular formula is C12H15ClFNS. The Hall–Kier alpha value is -0.250. The number of rotatable bonds is 2.